The van der Waals surface area contributed by atoms with Crippen molar-refractivity contribution in [3.8, 4) is 11.4 Å². The number of amides is 1. The minimum Gasteiger partial charge on any atom is -0.322 e. The van der Waals surface area contributed by atoms with Gasteiger partial charge in [-0.25, -0.2) is 4.39 Å². The van der Waals surface area contributed by atoms with Crippen molar-refractivity contribution in [3.63, 3.8) is 0 Å². The maximum absolute atomic E-state index is 13.7. The third-order valence-electron chi connectivity index (χ3n) is 4.12. The standard InChI is InChI=1S/C19H20FN5O/c1-12(2)14-8-10-15(11-9-14)18-22-24-25(23-18)13(3)19(26)21-17-7-5-4-6-16(17)20/h4-13H,1-3H3,(H,21,26)/t13-/m1/s1. The Morgan fingerprint density at radius 1 is 1.08 bits per heavy atom. The van der Waals surface area contributed by atoms with E-state index in [9.17, 15) is 9.18 Å². The highest BCUT2D eigenvalue weighted by Crippen LogP contribution is 2.20. The van der Waals surface area contributed by atoms with Gasteiger partial charge in [0, 0.05) is 5.56 Å². The highest BCUT2D eigenvalue weighted by molar-refractivity contribution is 5.93. The molecule has 3 rings (SSSR count). The Morgan fingerprint density at radius 2 is 1.77 bits per heavy atom. The van der Waals surface area contributed by atoms with Crippen molar-refractivity contribution >= 4 is 11.6 Å². The molecule has 0 saturated carbocycles. The predicted octanol–water partition coefficient (Wildman–Crippen LogP) is 3.80. The zero-order valence-electron chi connectivity index (χ0n) is 14.8. The number of rotatable bonds is 5. The van der Waals surface area contributed by atoms with Gasteiger partial charge in [-0.3, -0.25) is 4.79 Å². The summed E-state index contributed by atoms with van der Waals surface area (Å²) in [6.45, 7) is 5.88. The molecule has 0 spiro atoms. The van der Waals surface area contributed by atoms with Crippen LogP contribution in [0.4, 0.5) is 10.1 Å². The fourth-order valence-corrected chi connectivity index (χ4v) is 2.43. The molecule has 0 aliphatic rings. The van der Waals surface area contributed by atoms with Crippen LogP contribution in [0.3, 0.4) is 0 Å². The molecular formula is C19H20FN5O. The number of halogens is 1. The Hall–Kier alpha value is -3.09. The van der Waals surface area contributed by atoms with Crippen LogP contribution in [-0.2, 0) is 4.79 Å². The number of carbonyl (C=O) groups is 1. The molecule has 6 nitrogen and oxygen atoms in total. The van der Waals surface area contributed by atoms with E-state index < -0.39 is 17.8 Å². The van der Waals surface area contributed by atoms with Crippen LogP contribution in [0, 0.1) is 5.82 Å². The van der Waals surface area contributed by atoms with Crippen molar-refractivity contribution < 1.29 is 9.18 Å². The largest absolute Gasteiger partial charge is 0.322 e. The molecule has 1 atom stereocenters. The average molecular weight is 353 g/mol. The number of tetrazole rings is 1. The molecule has 0 unspecified atom stereocenters. The summed E-state index contributed by atoms with van der Waals surface area (Å²) in [7, 11) is 0. The number of hydrogen-bond acceptors (Lipinski definition) is 4. The fraction of sp³-hybridized carbons (Fsp3) is 0.263. The van der Waals surface area contributed by atoms with Gasteiger partial charge in [0.2, 0.25) is 5.82 Å². The van der Waals surface area contributed by atoms with Crippen LogP contribution < -0.4 is 5.32 Å². The van der Waals surface area contributed by atoms with Gasteiger partial charge in [-0.2, -0.15) is 4.80 Å². The monoisotopic (exact) mass is 353 g/mol. The highest BCUT2D eigenvalue weighted by atomic mass is 19.1. The second-order valence-corrected chi connectivity index (χ2v) is 6.36. The van der Waals surface area contributed by atoms with Crippen molar-refractivity contribution in [2.75, 3.05) is 5.32 Å². The third kappa shape index (κ3) is 3.77. The lowest BCUT2D eigenvalue weighted by Gasteiger charge is -2.11. The van der Waals surface area contributed by atoms with Gasteiger partial charge in [0.05, 0.1) is 5.69 Å². The molecule has 0 saturated heterocycles. The van der Waals surface area contributed by atoms with Crippen LogP contribution in [0.2, 0.25) is 0 Å². The number of aromatic nitrogens is 4. The molecule has 1 heterocycles. The van der Waals surface area contributed by atoms with E-state index in [1.54, 1.807) is 19.1 Å². The van der Waals surface area contributed by atoms with Gasteiger partial charge in [0.25, 0.3) is 5.91 Å². The van der Waals surface area contributed by atoms with E-state index in [1.165, 1.54) is 22.5 Å². The summed E-state index contributed by atoms with van der Waals surface area (Å²) in [5.74, 6) is -0.0413. The van der Waals surface area contributed by atoms with Crippen LogP contribution in [0.5, 0.6) is 0 Å². The molecule has 0 fully saturated rings. The van der Waals surface area contributed by atoms with E-state index in [0.29, 0.717) is 11.7 Å². The first kappa shape index (κ1) is 17.7. The molecule has 1 amide bonds. The number of hydrogen-bond donors (Lipinski definition) is 1. The van der Waals surface area contributed by atoms with Crippen LogP contribution >= 0.6 is 0 Å². The minimum absolute atomic E-state index is 0.119. The fourth-order valence-electron chi connectivity index (χ4n) is 2.43. The van der Waals surface area contributed by atoms with Gasteiger partial charge in [-0.1, -0.05) is 50.2 Å². The lowest BCUT2D eigenvalue weighted by molar-refractivity contribution is -0.119. The maximum atomic E-state index is 13.7. The number of nitrogens with zero attached hydrogens (tertiary/aromatic N) is 4. The molecular weight excluding hydrogens is 333 g/mol. The van der Waals surface area contributed by atoms with E-state index >= 15 is 0 Å². The molecule has 26 heavy (non-hydrogen) atoms. The van der Waals surface area contributed by atoms with E-state index in [1.807, 2.05) is 24.3 Å². The topological polar surface area (TPSA) is 72.7 Å². The number of anilines is 1. The first-order chi connectivity index (χ1) is 12.5. The second-order valence-electron chi connectivity index (χ2n) is 6.36. The van der Waals surface area contributed by atoms with Crippen LogP contribution in [0.15, 0.2) is 48.5 Å². The smallest absolute Gasteiger partial charge is 0.250 e. The Morgan fingerprint density at radius 3 is 2.42 bits per heavy atom. The molecule has 0 aliphatic carbocycles. The Bertz CT molecular complexity index is 904. The SMILES string of the molecule is CC(C)c1ccc(-c2nnn([C@H](C)C(=O)Nc3ccccc3F)n2)cc1. The molecule has 1 N–H and O–H groups in total. The summed E-state index contributed by atoms with van der Waals surface area (Å²) < 4.78 is 13.7. The zero-order chi connectivity index (χ0) is 18.7. The molecule has 134 valence electrons. The molecule has 7 heteroatoms. The molecule has 1 aromatic heterocycles. The normalized spacial score (nSPS) is 12.2. The molecule has 0 radical (unpaired) electrons. The van der Waals surface area contributed by atoms with Gasteiger partial charge in [0.1, 0.15) is 11.9 Å². The quantitative estimate of drug-likeness (QED) is 0.757. The number of carbonyl (C=O) groups excluding carboxylic acids is 1. The van der Waals surface area contributed by atoms with E-state index in [0.717, 1.165) is 5.56 Å². The summed E-state index contributed by atoms with van der Waals surface area (Å²) >= 11 is 0. The average Bonchev–Trinajstić information content (AvgIpc) is 3.13. The predicted molar refractivity (Wildman–Crippen MR) is 97.1 cm³/mol. The summed E-state index contributed by atoms with van der Waals surface area (Å²) in [5.41, 5.74) is 2.16. The summed E-state index contributed by atoms with van der Waals surface area (Å²) in [5, 5.41) is 14.8. The third-order valence-corrected chi connectivity index (χ3v) is 4.12. The van der Waals surface area contributed by atoms with Gasteiger partial charge >= 0.3 is 0 Å². The number of para-hydroxylation sites is 1. The van der Waals surface area contributed by atoms with Crippen molar-refractivity contribution in [2.45, 2.75) is 32.7 Å². The van der Waals surface area contributed by atoms with Crippen LogP contribution in [0.25, 0.3) is 11.4 Å². The van der Waals surface area contributed by atoms with Gasteiger partial charge in [0.15, 0.2) is 0 Å². The number of benzene rings is 2. The van der Waals surface area contributed by atoms with E-state index in [-0.39, 0.29) is 5.69 Å². The Kier molecular flexibility index (Phi) is 5.06. The number of nitrogens with one attached hydrogen (secondary N) is 1. The Balaban J connectivity index is 1.74. The molecule has 0 aliphatic heterocycles. The summed E-state index contributed by atoms with van der Waals surface area (Å²) in [4.78, 5) is 13.5. The lowest BCUT2D eigenvalue weighted by atomic mass is 10.0. The van der Waals surface area contributed by atoms with Crippen LogP contribution in [0.1, 0.15) is 38.3 Å². The maximum Gasteiger partial charge on any atom is 0.250 e. The van der Waals surface area contributed by atoms with Crippen molar-refractivity contribution in [3.05, 3.63) is 59.9 Å². The lowest BCUT2D eigenvalue weighted by Crippen LogP contribution is -2.25. The van der Waals surface area contributed by atoms with Gasteiger partial charge in [-0.05, 0) is 35.8 Å². The highest BCUT2D eigenvalue weighted by Gasteiger charge is 2.20. The van der Waals surface area contributed by atoms with Gasteiger partial charge < -0.3 is 5.32 Å². The van der Waals surface area contributed by atoms with Crippen molar-refractivity contribution in [2.24, 2.45) is 0 Å². The minimum atomic E-state index is -0.731. The second kappa shape index (κ2) is 7.43. The first-order valence-electron chi connectivity index (χ1n) is 8.41. The molecule has 3 aromatic rings. The summed E-state index contributed by atoms with van der Waals surface area (Å²) in [6.07, 6.45) is 0. The first-order valence-corrected chi connectivity index (χ1v) is 8.41. The molecule has 0 bridgehead atoms. The van der Waals surface area contributed by atoms with Crippen LogP contribution in [-0.4, -0.2) is 26.1 Å². The van der Waals surface area contributed by atoms with Gasteiger partial charge in [-0.15, -0.1) is 10.2 Å². The Labute approximate surface area is 151 Å². The zero-order valence-corrected chi connectivity index (χ0v) is 14.8. The van der Waals surface area contributed by atoms with E-state index in [2.05, 4.69) is 34.6 Å². The molecule has 2 aromatic carbocycles. The van der Waals surface area contributed by atoms with Crippen molar-refractivity contribution in [1.82, 2.24) is 20.2 Å². The summed E-state index contributed by atoms with van der Waals surface area (Å²) in [6, 6.07) is 13.2. The van der Waals surface area contributed by atoms with Crippen molar-refractivity contribution in [1.29, 1.82) is 0 Å². The van der Waals surface area contributed by atoms with E-state index in [4.69, 9.17) is 0 Å².